The van der Waals surface area contributed by atoms with Gasteiger partial charge in [-0.25, -0.2) is 9.67 Å². The molecule has 8 heteroatoms. The minimum absolute atomic E-state index is 0.201. The number of esters is 1. The van der Waals surface area contributed by atoms with Crippen molar-refractivity contribution in [3.8, 4) is 0 Å². The van der Waals surface area contributed by atoms with Gasteiger partial charge in [0.05, 0.1) is 33.9 Å². The summed E-state index contributed by atoms with van der Waals surface area (Å²) in [7, 11) is 0. The van der Waals surface area contributed by atoms with Crippen LogP contribution >= 0.6 is 11.3 Å². The van der Waals surface area contributed by atoms with E-state index < -0.39 is 5.97 Å². The lowest BCUT2D eigenvalue weighted by Gasteiger charge is -2.14. The molecule has 2 heterocycles. The maximum Gasteiger partial charge on any atom is 0.306 e. The maximum absolute atomic E-state index is 12.1. The number of para-hydroxylation sites is 1. The molecule has 2 aromatic heterocycles. The van der Waals surface area contributed by atoms with Crippen LogP contribution in [0.4, 0.5) is 5.82 Å². The van der Waals surface area contributed by atoms with Crippen LogP contribution < -0.4 is 5.32 Å². The zero-order valence-corrected chi connectivity index (χ0v) is 16.3. The number of amides is 1. The van der Waals surface area contributed by atoms with E-state index in [0.29, 0.717) is 18.3 Å². The number of fused-ring (bicyclic) bond motifs is 1. The van der Waals surface area contributed by atoms with Gasteiger partial charge in [-0.1, -0.05) is 25.0 Å². The van der Waals surface area contributed by atoms with E-state index in [2.05, 4.69) is 15.4 Å². The Hall–Kier alpha value is -2.74. The molecule has 0 saturated heterocycles. The average molecular weight is 398 g/mol. The van der Waals surface area contributed by atoms with Crippen LogP contribution in [0.1, 0.15) is 43.2 Å². The second-order valence-electron chi connectivity index (χ2n) is 6.88. The summed E-state index contributed by atoms with van der Waals surface area (Å²) in [6.45, 7) is -0.297. The number of aromatic nitrogens is 3. The van der Waals surface area contributed by atoms with Gasteiger partial charge in [0.2, 0.25) is 0 Å². The number of rotatable bonds is 7. The van der Waals surface area contributed by atoms with Gasteiger partial charge in [-0.15, -0.1) is 11.3 Å². The molecule has 0 bridgehead atoms. The molecule has 0 atom stereocenters. The highest BCUT2D eigenvalue weighted by Gasteiger charge is 2.20. The first kappa shape index (κ1) is 18.6. The fourth-order valence-electron chi connectivity index (χ4n) is 3.49. The van der Waals surface area contributed by atoms with E-state index in [9.17, 15) is 9.59 Å². The SMILES string of the molecule is O=C(COC(=O)CCc1nc2ccccc2s1)Nc1ccnn1C1CCCC1. The number of anilines is 1. The molecule has 0 unspecified atom stereocenters. The Kier molecular flexibility index (Phi) is 5.66. The monoisotopic (exact) mass is 398 g/mol. The van der Waals surface area contributed by atoms with Crippen LogP contribution in [0.5, 0.6) is 0 Å². The fourth-order valence-corrected chi connectivity index (χ4v) is 4.45. The van der Waals surface area contributed by atoms with Crippen LogP contribution in [-0.4, -0.2) is 33.2 Å². The highest BCUT2D eigenvalue weighted by atomic mass is 32.1. The molecule has 1 saturated carbocycles. The summed E-state index contributed by atoms with van der Waals surface area (Å²) in [6.07, 6.45) is 6.91. The van der Waals surface area contributed by atoms with Crippen molar-refractivity contribution in [3.63, 3.8) is 0 Å². The lowest BCUT2D eigenvalue weighted by Crippen LogP contribution is -2.23. The molecule has 1 N–H and O–H groups in total. The minimum Gasteiger partial charge on any atom is -0.456 e. The molecule has 1 aliphatic rings. The molecule has 7 nitrogen and oxygen atoms in total. The number of nitrogens with one attached hydrogen (secondary N) is 1. The van der Waals surface area contributed by atoms with E-state index in [0.717, 1.165) is 28.1 Å². The first-order valence-corrected chi connectivity index (χ1v) is 10.3. The van der Waals surface area contributed by atoms with E-state index in [1.54, 1.807) is 23.6 Å². The highest BCUT2D eigenvalue weighted by molar-refractivity contribution is 7.18. The molecule has 1 aromatic carbocycles. The topological polar surface area (TPSA) is 86.1 Å². The number of hydrogen-bond acceptors (Lipinski definition) is 6. The van der Waals surface area contributed by atoms with Crippen molar-refractivity contribution in [2.45, 2.75) is 44.6 Å². The molecular weight excluding hydrogens is 376 g/mol. The number of carbonyl (C=O) groups excluding carboxylic acids is 2. The molecule has 0 spiro atoms. The van der Waals surface area contributed by atoms with Gasteiger partial charge in [0.15, 0.2) is 6.61 Å². The quantitative estimate of drug-likeness (QED) is 0.613. The Balaban J connectivity index is 1.23. The number of benzene rings is 1. The van der Waals surface area contributed by atoms with Crippen LogP contribution in [0.2, 0.25) is 0 Å². The summed E-state index contributed by atoms with van der Waals surface area (Å²) < 4.78 is 8.07. The highest BCUT2D eigenvalue weighted by Crippen LogP contribution is 2.31. The van der Waals surface area contributed by atoms with Crippen molar-refractivity contribution in [2.24, 2.45) is 0 Å². The van der Waals surface area contributed by atoms with Gasteiger partial charge in [0, 0.05) is 12.5 Å². The normalized spacial score (nSPS) is 14.4. The first-order valence-electron chi connectivity index (χ1n) is 9.52. The second-order valence-corrected chi connectivity index (χ2v) is 8.00. The molecule has 146 valence electrons. The minimum atomic E-state index is -0.404. The summed E-state index contributed by atoms with van der Waals surface area (Å²) in [5.74, 6) is -0.103. The van der Waals surface area contributed by atoms with Gasteiger partial charge in [0.25, 0.3) is 5.91 Å². The third-order valence-corrected chi connectivity index (χ3v) is 5.95. The van der Waals surface area contributed by atoms with Crippen molar-refractivity contribution in [1.29, 1.82) is 0 Å². The fraction of sp³-hybridized carbons (Fsp3) is 0.400. The molecule has 4 rings (SSSR count). The lowest BCUT2D eigenvalue weighted by atomic mass is 10.2. The molecule has 0 radical (unpaired) electrons. The van der Waals surface area contributed by atoms with Crippen molar-refractivity contribution in [3.05, 3.63) is 41.5 Å². The number of aryl methyl sites for hydroxylation is 1. The molecule has 1 amide bonds. The standard InChI is InChI=1S/C20H22N4O3S/c25-18(23-17-11-12-21-24(17)14-5-1-2-6-14)13-27-20(26)10-9-19-22-15-7-3-4-8-16(15)28-19/h3-4,7-8,11-12,14H,1-2,5-6,9-10,13H2,(H,23,25). The van der Waals surface area contributed by atoms with Crippen LogP contribution in [0.15, 0.2) is 36.5 Å². The Labute approximate surface area is 166 Å². The number of nitrogens with zero attached hydrogens (tertiary/aromatic N) is 3. The predicted molar refractivity (Wildman–Crippen MR) is 107 cm³/mol. The van der Waals surface area contributed by atoms with Crippen molar-refractivity contribution >= 4 is 39.2 Å². The van der Waals surface area contributed by atoms with Crippen molar-refractivity contribution < 1.29 is 14.3 Å². The third kappa shape index (κ3) is 4.39. The Morgan fingerprint density at radius 3 is 2.86 bits per heavy atom. The molecule has 28 heavy (non-hydrogen) atoms. The van der Waals surface area contributed by atoms with Crippen molar-refractivity contribution in [1.82, 2.24) is 14.8 Å². The van der Waals surface area contributed by atoms with Crippen LogP contribution in [0, 0.1) is 0 Å². The van der Waals surface area contributed by atoms with Crippen LogP contribution in [-0.2, 0) is 20.7 Å². The largest absolute Gasteiger partial charge is 0.456 e. The van der Waals surface area contributed by atoms with Crippen LogP contribution in [0.3, 0.4) is 0 Å². The Morgan fingerprint density at radius 1 is 1.21 bits per heavy atom. The summed E-state index contributed by atoms with van der Waals surface area (Å²) in [4.78, 5) is 28.6. The Morgan fingerprint density at radius 2 is 2.04 bits per heavy atom. The maximum atomic E-state index is 12.1. The summed E-state index contributed by atoms with van der Waals surface area (Å²) in [5, 5.41) is 8.00. The molecular formula is C20H22N4O3S. The molecule has 1 aliphatic carbocycles. The average Bonchev–Trinajstić information content (AvgIpc) is 3.43. The Bertz CT molecular complexity index is 942. The smallest absolute Gasteiger partial charge is 0.306 e. The third-order valence-electron chi connectivity index (χ3n) is 4.85. The molecule has 3 aromatic rings. The summed E-state index contributed by atoms with van der Waals surface area (Å²) >= 11 is 1.57. The van der Waals surface area contributed by atoms with Gasteiger partial charge in [-0.3, -0.25) is 9.59 Å². The zero-order valence-electron chi connectivity index (χ0n) is 15.5. The first-order chi connectivity index (χ1) is 13.7. The van der Waals surface area contributed by atoms with E-state index in [4.69, 9.17) is 4.74 Å². The molecule has 0 aliphatic heterocycles. The van der Waals surface area contributed by atoms with E-state index >= 15 is 0 Å². The van der Waals surface area contributed by atoms with Gasteiger partial charge in [-0.2, -0.15) is 5.10 Å². The second kappa shape index (κ2) is 8.52. The van der Waals surface area contributed by atoms with E-state index in [-0.39, 0.29) is 18.9 Å². The van der Waals surface area contributed by atoms with Gasteiger partial charge >= 0.3 is 5.97 Å². The summed E-state index contributed by atoms with van der Waals surface area (Å²) in [6, 6.07) is 9.98. The molecule has 1 fully saturated rings. The van der Waals surface area contributed by atoms with E-state index in [1.807, 2.05) is 28.9 Å². The number of hydrogen-bond donors (Lipinski definition) is 1. The van der Waals surface area contributed by atoms with Crippen molar-refractivity contribution in [2.75, 3.05) is 11.9 Å². The number of thiazole rings is 1. The summed E-state index contributed by atoms with van der Waals surface area (Å²) in [5.41, 5.74) is 0.939. The predicted octanol–water partition coefficient (Wildman–Crippen LogP) is 3.72. The lowest BCUT2D eigenvalue weighted by molar-refractivity contribution is -0.147. The van der Waals surface area contributed by atoms with Crippen LogP contribution in [0.25, 0.3) is 10.2 Å². The van der Waals surface area contributed by atoms with E-state index in [1.165, 1.54) is 12.8 Å². The zero-order chi connectivity index (χ0) is 19.3. The van der Waals surface area contributed by atoms with Gasteiger partial charge in [-0.05, 0) is 25.0 Å². The number of ether oxygens (including phenoxy) is 1. The number of carbonyl (C=O) groups is 2. The van der Waals surface area contributed by atoms with Gasteiger partial charge in [0.1, 0.15) is 5.82 Å². The van der Waals surface area contributed by atoms with Gasteiger partial charge < -0.3 is 10.1 Å².